The van der Waals surface area contributed by atoms with Crippen LogP contribution in [0.15, 0.2) is 24.3 Å². The summed E-state index contributed by atoms with van der Waals surface area (Å²) in [5, 5.41) is 7.01. The van der Waals surface area contributed by atoms with Gasteiger partial charge in [-0.05, 0) is 24.0 Å². The monoisotopic (exact) mass is 190 g/mol. The van der Waals surface area contributed by atoms with E-state index in [-0.39, 0.29) is 0 Å². The van der Waals surface area contributed by atoms with Gasteiger partial charge in [-0.25, -0.2) is 0 Å². The third-order valence-electron chi connectivity index (χ3n) is 2.59. The molecule has 2 rings (SSSR count). The van der Waals surface area contributed by atoms with E-state index >= 15 is 0 Å². The molecule has 1 aromatic carbocycles. The second kappa shape index (κ2) is 4.01. The smallest absolute Gasteiger partial charge is 0.0773 e. The Bertz CT molecular complexity index is 307. The van der Waals surface area contributed by atoms with Crippen molar-refractivity contribution in [1.29, 1.82) is 0 Å². The van der Waals surface area contributed by atoms with Gasteiger partial charge in [0, 0.05) is 12.2 Å². The van der Waals surface area contributed by atoms with Crippen molar-refractivity contribution in [1.82, 2.24) is 5.32 Å². The van der Waals surface area contributed by atoms with Crippen LogP contribution in [0.25, 0.3) is 0 Å². The number of nitrogens with one attached hydrogen (secondary N) is 2. The Morgan fingerprint density at radius 2 is 2.14 bits per heavy atom. The van der Waals surface area contributed by atoms with E-state index < -0.39 is 0 Å². The van der Waals surface area contributed by atoms with E-state index in [1.54, 1.807) is 0 Å². The van der Waals surface area contributed by atoms with Crippen LogP contribution in [0.3, 0.4) is 0 Å². The maximum absolute atomic E-state index is 3.52. The van der Waals surface area contributed by atoms with Gasteiger partial charge in [-0.3, -0.25) is 5.32 Å². The molecule has 2 heteroatoms. The lowest BCUT2D eigenvalue weighted by Gasteiger charge is -2.29. The van der Waals surface area contributed by atoms with Gasteiger partial charge in [0.25, 0.3) is 0 Å². The standard InChI is InChI=1S/C12H18N2/c1-9(2)7-12-13-8-10-5-3-4-6-11(10)14-12/h3-6,9,12-14H,7-8H2,1-2H3. The lowest BCUT2D eigenvalue weighted by Crippen LogP contribution is -2.40. The normalized spacial score (nSPS) is 20.4. The highest BCUT2D eigenvalue weighted by Gasteiger charge is 2.16. The number of fused-ring (bicyclic) bond motifs is 1. The van der Waals surface area contributed by atoms with Crippen LogP contribution in [0.2, 0.25) is 0 Å². The Morgan fingerprint density at radius 1 is 1.36 bits per heavy atom. The first-order chi connectivity index (χ1) is 6.75. The highest BCUT2D eigenvalue weighted by atomic mass is 15.1. The van der Waals surface area contributed by atoms with Crippen LogP contribution in [0.5, 0.6) is 0 Å². The molecule has 0 radical (unpaired) electrons. The summed E-state index contributed by atoms with van der Waals surface area (Å²) in [6.07, 6.45) is 1.61. The van der Waals surface area contributed by atoms with E-state index in [1.165, 1.54) is 17.7 Å². The Kier molecular flexibility index (Phi) is 2.73. The summed E-state index contributed by atoms with van der Waals surface area (Å²) < 4.78 is 0. The van der Waals surface area contributed by atoms with Crippen LogP contribution in [-0.4, -0.2) is 6.17 Å². The van der Waals surface area contributed by atoms with Gasteiger partial charge in [-0.15, -0.1) is 0 Å². The van der Waals surface area contributed by atoms with Crippen LogP contribution < -0.4 is 10.6 Å². The van der Waals surface area contributed by atoms with Gasteiger partial charge in [-0.2, -0.15) is 0 Å². The van der Waals surface area contributed by atoms with E-state index in [4.69, 9.17) is 0 Å². The van der Waals surface area contributed by atoms with E-state index in [0.717, 1.165) is 12.5 Å². The predicted molar refractivity (Wildman–Crippen MR) is 60.1 cm³/mol. The average Bonchev–Trinajstić information content (AvgIpc) is 2.17. The van der Waals surface area contributed by atoms with Gasteiger partial charge >= 0.3 is 0 Å². The third-order valence-corrected chi connectivity index (χ3v) is 2.59. The Balaban J connectivity index is 2.06. The SMILES string of the molecule is CC(C)CC1NCc2ccccc2N1. The highest BCUT2D eigenvalue weighted by molar-refractivity contribution is 5.53. The summed E-state index contributed by atoms with van der Waals surface area (Å²) in [6.45, 7) is 5.49. The quantitative estimate of drug-likeness (QED) is 0.749. The third kappa shape index (κ3) is 2.07. The zero-order valence-corrected chi connectivity index (χ0v) is 8.88. The molecule has 0 saturated carbocycles. The molecule has 76 valence electrons. The molecule has 1 atom stereocenters. The van der Waals surface area contributed by atoms with Gasteiger partial charge < -0.3 is 5.32 Å². The lowest BCUT2D eigenvalue weighted by atomic mass is 10.0. The maximum atomic E-state index is 3.52. The van der Waals surface area contributed by atoms with Crippen molar-refractivity contribution in [3.05, 3.63) is 29.8 Å². The first kappa shape index (κ1) is 9.53. The Morgan fingerprint density at radius 3 is 2.93 bits per heavy atom. The number of hydrogen-bond acceptors (Lipinski definition) is 2. The second-order valence-electron chi connectivity index (χ2n) is 4.36. The van der Waals surface area contributed by atoms with Crippen LogP contribution in [0, 0.1) is 5.92 Å². The highest BCUT2D eigenvalue weighted by Crippen LogP contribution is 2.21. The molecule has 2 nitrogen and oxygen atoms in total. The molecule has 14 heavy (non-hydrogen) atoms. The summed E-state index contributed by atoms with van der Waals surface area (Å²) in [5.41, 5.74) is 2.66. The fourth-order valence-corrected chi connectivity index (χ4v) is 1.90. The van der Waals surface area contributed by atoms with Crippen molar-refractivity contribution in [2.45, 2.75) is 33.0 Å². The average molecular weight is 190 g/mol. The fraction of sp³-hybridized carbons (Fsp3) is 0.500. The number of rotatable bonds is 2. The lowest BCUT2D eigenvalue weighted by molar-refractivity contribution is 0.440. The van der Waals surface area contributed by atoms with E-state index in [2.05, 4.69) is 48.7 Å². The largest absolute Gasteiger partial charge is 0.370 e. The molecule has 1 aliphatic heterocycles. The minimum Gasteiger partial charge on any atom is -0.370 e. The fourth-order valence-electron chi connectivity index (χ4n) is 1.90. The van der Waals surface area contributed by atoms with Gasteiger partial charge in [0.15, 0.2) is 0 Å². The van der Waals surface area contributed by atoms with Gasteiger partial charge in [0.2, 0.25) is 0 Å². The molecule has 0 amide bonds. The molecule has 0 saturated heterocycles. The summed E-state index contributed by atoms with van der Waals surface area (Å²) in [5.74, 6) is 0.727. The van der Waals surface area contributed by atoms with Crippen LogP contribution >= 0.6 is 0 Å². The van der Waals surface area contributed by atoms with Gasteiger partial charge in [-0.1, -0.05) is 32.0 Å². The van der Waals surface area contributed by atoms with Crippen LogP contribution in [-0.2, 0) is 6.54 Å². The van der Waals surface area contributed by atoms with E-state index in [0.29, 0.717) is 6.17 Å². The molecule has 1 aliphatic rings. The summed E-state index contributed by atoms with van der Waals surface area (Å²) >= 11 is 0. The van der Waals surface area contributed by atoms with Gasteiger partial charge in [0.1, 0.15) is 0 Å². The van der Waals surface area contributed by atoms with Gasteiger partial charge in [0.05, 0.1) is 6.17 Å². The van der Waals surface area contributed by atoms with Crippen molar-refractivity contribution in [2.75, 3.05) is 5.32 Å². The molecule has 1 unspecified atom stereocenters. The molecule has 1 heterocycles. The Labute approximate surface area is 85.7 Å². The van der Waals surface area contributed by atoms with Crippen molar-refractivity contribution in [3.63, 3.8) is 0 Å². The molecule has 0 bridgehead atoms. The van der Waals surface area contributed by atoms with E-state index in [1.807, 2.05) is 0 Å². The summed E-state index contributed by atoms with van der Waals surface area (Å²) in [6, 6.07) is 8.50. The van der Waals surface area contributed by atoms with Crippen LogP contribution in [0.1, 0.15) is 25.8 Å². The molecule has 1 aromatic rings. The second-order valence-corrected chi connectivity index (χ2v) is 4.36. The van der Waals surface area contributed by atoms with E-state index in [9.17, 15) is 0 Å². The predicted octanol–water partition coefficient (Wildman–Crippen LogP) is 2.57. The summed E-state index contributed by atoms with van der Waals surface area (Å²) in [7, 11) is 0. The maximum Gasteiger partial charge on any atom is 0.0773 e. The van der Waals surface area contributed by atoms with Crippen LogP contribution in [0.4, 0.5) is 5.69 Å². The summed E-state index contributed by atoms with van der Waals surface area (Å²) in [4.78, 5) is 0. The Hall–Kier alpha value is -1.02. The van der Waals surface area contributed by atoms with Crippen molar-refractivity contribution in [2.24, 2.45) is 5.92 Å². The molecule has 0 spiro atoms. The molecule has 0 fully saturated rings. The molecule has 2 N–H and O–H groups in total. The zero-order chi connectivity index (χ0) is 9.97. The zero-order valence-electron chi connectivity index (χ0n) is 8.88. The number of anilines is 1. The van der Waals surface area contributed by atoms with Crippen molar-refractivity contribution < 1.29 is 0 Å². The number of hydrogen-bond donors (Lipinski definition) is 2. The number of benzene rings is 1. The first-order valence-electron chi connectivity index (χ1n) is 5.33. The minimum atomic E-state index is 0.435. The molecular formula is C12H18N2. The first-order valence-corrected chi connectivity index (χ1v) is 5.33. The minimum absolute atomic E-state index is 0.435. The van der Waals surface area contributed by atoms with Crippen molar-refractivity contribution in [3.8, 4) is 0 Å². The molecular weight excluding hydrogens is 172 g/mol. The number of para-hydroxylation sites is 1. The van der Waals surface area contributed by atoms with Crippen molar-refractivity contribution >= 4 is 5.69 Å². The molecule has 0 aromatic heterocycles. The topological polar surface area (TPSA) is 24.1 Å². The molecule has 0 aliphatic carbocycles.